The van der Waals surface area contributed by atoms with Crippen LogP contribution in [0.15, 0.2) is 12.1 Å². The van der Waals surface area contributed by atoms with Crippen molar-refractivity contribution in [1.82, 2.24) is 4.90 Å². The van der Waals surface area contributed by atoms with Crippen molar-refractivity contribution in [3.63, 3.8) is 0 Å². The van der Waals surface area contributed by atoms with Gasteiger partial charge in [0.25, 0.3) is 5.91 Å². The number of carbonyl (C=O) groups is 2. The van der Waals surface area contributed by atoms with E-state index in [0.29, 0.717) is 16.1 Å². The summed E-state index contributed by atoms with van der Waals surface area (Å²) in [5, 5.41) is 9.88. The van der Waals surface area contributed by atoms with Gasteiger partial charge < -0.3 is 10.0 Å². The topological polar surface area (TPSA) is 91.8 Å². The molecule has 0 saturated carbocycles. The summed E-state index contributed by atoms with van der Waals surface area (Å²) in [5.74, 6) is -2.48. The fraction of sp³-hybridized carbons (Fsp3) is 0.500. The second kappa shape index (κ2) is 5.46. The molecule has 0 aromatic heterocycles. The van der Waals surface area contributed by atoms with Gasteiger partial charge in [-0.1, -0.05) is 11.6 Å². The SMILES string of the molecule is Cc1cc(C(=O)N2CC3(C2)C(C(=O)O)CCS3(=O)=O)c(C)cc1Cl. The number of aryl methyl sites for hydroxylation is 2. The van der Waals surface area contributed by atoms with E-state index >= 15 is 0 Å². The van der Waals surface area contributed by atoms with Crippen molar-refractivity contribution in [2.45, 2.75) is 25.0 Å². The van der Waals surface area contributed by atoms with Gasteiger partial charge in [-0.05, 0) is 43.5 Å². The smallest absolute Gasteiger partial charge is 0.308 e. The Morgan fingerprint density at radius 2 is 1.88 bits per heavy atom. The molecule has 1 amide bonds. The minimum Gasteiger partial charge on any atom is -0.481 e. The molecule has 3 rings (SSSR count). The minimum atomic E-state index is -3.51. The third-order valence-electron chi connectivity index (χ3n) is 5.17. The number of rotatable bonds is 2. The number of benzene rings is 1. The van der Waals surface area contributed by atoms with Crippen molar-refractivity contribution in [2.75, 3.05) is 18.8 Å². The van der Waals surface area contributed by atoms with Crippen LogP contribution in [0.1, 0.15) is 27.9 Å². The number of hydrogen-bond acceptors (Lipinski definition) is 4. The highest BCUT2D eigenvalue weighted by Gasteiger charge is 2.65. The van der Waals surface area contributed by atoms with E-state index in [2.05, 4.69) is 0 Å². The Hall–Kier alpha value is -1.60. The fourth-order valence-electron chi connectivity index (χ4n) is 3.65. The Labute approximate surface area is 145 Å². The third kappa shape index (κ3) is 2.33. The molecule has 1 unspecified atom stereocenters. The number of aliphatic carboxylic acids is 1. The van der Waals surface area contributed by atoms with Crippen LogP contribution in [0.25, 0.3) is 0 Å². The van der Waals surface area contributed by atoms with E-state index < -0.39 is 26.5 Å². The Morgan fingerprint density at radius 1 is 1.25 bits per heavy atom. The van der Waals surface area contributed by atoms with Gasteiger partial charge in [0.15, 0.2) is 9.84 Å². The Kier molecular flexibility index (Phi) is 3.92. The predicted octanol–water partition coefficient (Wildman–Crippen LogP) is 1.67. The van der Waals surface area contributed by atoms with E-state index in [1.807, 2.05) is 0 Å². The number of amides is 1. The molecule has 0 radical (unpaired) electrons. The first-order valence-corrected chi connectivity index (χ1v) is 9.63. The van der Waals surface area contributed by atoms with E-state index in [0.717, 1.165) is 5.56 Å². The zero-order valence-corrected chi connectivity index (χ0v) is 14.9. The van der Waals surface area contributed by atoms with Crippen LogP contribution < -0.4 is 0 Å². The van der Waals surface area contributed by atoms with E-state index in [-0.39, 0.29) is 31.2 Å². The van der Waals surface area contributed by atoms with Crippen molar-refractivity contribution in [3.05, 3.63) is 33.8 Å². The highest BCUT2D eigenvalue weighted by Crippen LogP contribution is 2.45. The van der Waals surface area contributed by atoms with Gasteiger partial charge in [-0.3, -0.25) is 9.59 Å². The zero-order valence-electron chi connectivity index (χ0n) is 13.4. The van der Waals surface area contributed by atoms with E-state index in [1.54, 1.807) is 26.0 Å². The molecule has 0 aliphatic carbocycles. The summed E-state index contributed by atoms with van der Waals surface area (Å²) in [7, 11) is -3.51. The normalized spacial score (nSPS) is 24.0. The van der Waals surface area contributed by atoms with Crippen LogP contribution in [0.5, 0.6) is 0 Å². The zero-order chi connectivity index (χ0) is 17.9. The molecule has 2 fully saturated rings. The number of nitrogens with zero attached hydrogens (tertiary/aromatic N) is 1. The maximum absolute atomic E-state index is 12.7. The Bertz CT molecular complexity index is 842. The monoisotopic (exact) mass is 371 g/mol. The second-order valence-corrected chi connectivity index (χ2v) is 9.50. The first kappa shape index (κ1) is 17.2. The number of halogens is 1. The lowest BCUT2D eigenvalue weighted by Crippen LogP contribution is -2.69. The van der Waals surface area contributed by atoms with Crippen molar-refractivity contribution in [2.24, 2.45) is 5.92 Å². The average molecular weight is 372 g/mol. The lowest BCUT2D eigenvalue weighted by atomic mass is 9.82. The molecule has 130 valence electrons. The van der Waals surface area contributed by atoms with E-state index in [1.165, 1.54) is 4.90 Å². The van der Waals surface area contributed by atoms with Gasteiger partial charge in [-0.25, -0.2) is 8.42 Å². The summed E-state index contributed by atoms with van der Waals surface area (Å²) in [4.78, 5) is 25.5. The van der Waals surface area contributed by atoms with Gasteiger partial charge in [0.1, 0.15) is 4.75 Å². The van der Waals surface area contributed by atoms with E-state index in [4.69, 9.17) is 11.6 Å². The van der Waals surface area contributed by atoms with Gasteiger partial charge in [0, 0.05) is 23.7 Å². The molecule has 8 heteroatoms. The lowest BCUT2D eigenvalue weighted by molar-refractivity contribution is -0.144. The first-order valence-electron chi connectivity index (χ1n) is 7.60. The Balaban J connectivity index is 1.87. The van der Waals surface area contributed by atoms with Crippen LogP contribution in [-0.2, 0) is 14.6 Å². The van der Waals surface area contributed by atoms with Gasteiger partial charge >= 0.3 is 5.97 Å². The molecule has 1 aromatic carbocycles. The maximum Gasteiger partial charge on any atom is 0.308 e. The summed E-state index contributed by atoms with van der Waals surface area (Å²) in [6.07, 6.45) is 0.110. The fourth-order valence-corrected chi connectivity index (χ4v) is 6.17. The maximum atomic E-state index is 12.7. The summed E-state index contributed by atoms with van der Waals surface area (Å²) in [5.41, 5.74) is 1.94. The molecule has 1 atom stereocenters. The summed E-state index contributed by atoms with van der Waals surface area (Å²) in [6.45, 7) is 3.43. The molecular formula is C16H18ClNO5S. The van der Waals surface area contributed by atoms with Crippen molar-refractivity contribution in [1.29, 1.82) is 0 Å². The van der Waals surface area contributed by atoms with Crippen LogP contribution in [0.4, 0.5) is 0 Å². The van der Waals surface area contributed by atoms with E-state index in [9.17, 15) is 23.1 Å². The highest BCUT2D eigenvalue weighted by atomic mass is 35.5. The molecule has 1 N–H and O–H groups in total. The number of sulfone groups is 1. The minimum absolute atomic E-state index is 0.0632. The molecule has 6 nitrogen and oxygen atoms in total. The van der Waals surface area contributed by atoms with Crippen molar-refractivity contribution >= 4 is 33.3 Å². The number of carbonyl (C=O) groups excluding carboxylic acids is 1. The lowest BCUT2D eigenvalue weighted by Gasteiger charge is -2.48. The van der Waals surface area contributed by atoms with Crippen LogP contribution in [0.3, 0.4) is 0 Å². The molecule has 2 heterocycles. The Morgan fingerprint density at radius 3 is 2.46 bits per heavy atom. The quantitative estimate of drug-likeness (QED) is 0.853. The number of hydrogen-bond donors (Lipinski definition) is 1. The molecule has 0 bridgehead atoms. The van der Waals surface area contributed by atoms with Crippen molar-refractivity contribution < 1.29 is 23.1 Å². The van der Waals surface area contributed by atoms with Gasteiger partial charge in [-0.15, -0.1) is 0 Å². The van der Waals surface area contributed by atoms with Crippen LogP contribution in [-0.4, -0.2) is 53.9 Å². The van der Waals surface area contributed by atoms with Gasteiger partial charge in [0.05, 0.1) is 11.7 Å². The first-order chi connectivity index (χ1) is 11.1. The standard InChI is InChI=1S/C16H18ClNO5S/c1-9-6-13(17)10(2)5-11(9)14(19)18-7-16(8-18)12(15(20)21)3-4-24(16,22)23/h5-6,12H,3-4,7-8H2,1-2H3,(H,20,21). The van der Waals surface area contributed by atoms with Crippen LogP contribution >= 0.6 is 11.6 Å². The number of likely N-dealkylation sites (tertiary alicyclic amines) is 1. The van der Waals surface area contributed by atoms with Gasteiger partial charge in [0.2, 0.25) is 0 Å². The largest absolute Gasteiger partial charge is 0.481 e. The summed E-state index contributed by atoms with van der Waals surface area (Å²) in [6, 6.07) is 3.38. The predicted molar refractivity (Wildman–Crippen MR) is 89.1 cm³/mol. The highest BCUT2D eigenvalue weighted by molar-refractivity contribution is 7.93. The van der Waals surface area contributed by atoms with Gasteiger partial charge in [-0.2, -0.15) is 0 Å². The molecule has 2 aliphatic heterocycles. The molecule has 2 aliphatic rings. The average Bonchev–Trinajstić information content (AvgIpc) is 2.72. The van der Waals surface area contributed by atoms with Crippen molar-refractivity contribution in [3.8, 4) is 0 Å². The van der Waals surface area contributed by atoms with Crippen LogP contribution in [0.2, 0.25) is 5.02 Å². The number of carboxylic acid groups (broad SMARTS) is 1. The van der Waals surface area contributed by atoms with Crippen LogP contribution in [0, 0.1) is 19.8 Å². The molecular weight excluding hydrogens is 354 g/mol. The summed E-state index contributed by atoms with van der Waals surface area (Å²) >= 11 is 6.04. The molecule has 2 saturated heterocycles. The second-order valence-electron chi connectivity index (χ2n) is 6.64. The third-order valence-corrected chi connectivity index (χ3v) is 8.13. The summed E-state index contributed by atoms with van der Waals surface area (Å²) < 4.78 is 23.3. The molecule has 1 aromatic rings. The molecule has 1 spiro atoms. The molecule has 24 heavy (non-hydrogen) atoms. The number of carboxylic acids is 1.